The monoisotopic (exact) mass is 1150 g/mol. The molecule has 0 aliphatic carbocycles. The minimum absolute atomic E-state index is 0.610. The smallest absolute Gasteiger partial charge is 0.115 e. The lowest BCUT2D eigenvalue weighted by Gasteiger charge is -2.07. The summed E-state index contributed by atoms with van der Waals surface area (Å²) in [4.78, 5) is 9.68. The van der Waals surface area contributed by atoms with E-state index in [-0.39, 0.29) is 0 Å². The fourth-order valence-corrected chi connectivity index (χ4v) is 11.5. The maximum absolute atomic E-state index is 4.84. The summed E-state index contributed by atoms with van der Waals surface area (Å²) in [7, 11) is 0. The molecule has 0 spiro atoms. The van der Waals surface area contributed by atoms with E-state index >= 15 is 0 Å². The number of hydrogen-bond acceptors (Lipinski definition) is 2. The molecule has 12 aromatic carbocycles. The summed E-state index contributed by atoms with van der Waals surface area (Å²) in [5.41, 5.74) is 2.44. The van der Waals surface area contributed by atoms with Crippen LogP contribution in [0, 0.1) is 97.1 Å². The van der Waals surface area contributed by atoms with Crippen molar-refractivity contribution >= 4 is 151 Å². The van der Waals surface area contributed by atoms with E-state index < -0.39 is 0 Å². The van der Waals surface area contributed by atoms with E-state index in [1.165, 1.54) is 0 Å². The summed E-state index contributed by atoms with van der Waals surface area (Å²) in [5, 5.41) is 23.0. The fourth-order valence-electron chi connectivity index (χ4n) is 11.5. The Bertz CT molecular complexity index is 5310. The van der Waals surface area contributed by atoms with Gasteiger partial charge in [0.1, 0.15) is 22.1 Å². The third-order valence-corrected chi connectivity index (χ3v) is 15.9. The predicted molar refractivity (Wildman–Crippen MR) is 381 cm³/mol. The minimum atomic E-state index is 0.610. The first-order chi connectivity index (χ1) is 45.5. The molecule has 0 fully saturated rings. The number of aromatic nitrogens is 2. The van der Waals surface area contributed by atoms with Crippen LogP contribution in [-0.2, 0) is 0 Å². The van der Waals surface area contributed by atoms with Gasteiger partial charge >= 0.3 is 0 Å². The predicted octanol–water partition coefficient (Wildman–Crippen LogP) is 21.9. The van der Waals surface area contributed by atoms with Crippen molar-refractivity contribution < 1.29 is 0 Å². The largest absolute Gasteiger partial charge is 0.231 e. The Labute approximate surface area is 534 Å². The lowest BCUT2D eigenvalue weighted by atomic mass is 9.96. The van der Waals surface area contributed by atoms with Crippen LogP contribution >= 0.6 is 0 Å². The highest BCUT2D eigenvalue weighted by atomic mass is 14.7. The quantitative estimate of drug-likeness (QED) is 0.151. The summed E-state index contributed by atoms with van der Waals surface area (Å²) < 4.78 is 0. The maximum atomic E-state index is 4.84. The van der Waals surface area contributed by atoms with Gasteiger partial charge in [-0.2, -0.15) is 0 Å². The van der Waals surface area contributed by atoms with Crippen LogP contribution in [0.1, 0.15) is 0 Å². The van der Waals surface area contributed by atoms with Crippen LogP contribution in [0.2, 0.25) is 0 Å². The van der Waals surface area contributed by atoms with Gasteiger partial charge in [-0.15, -0.1) is 0 Å². The molecule has 0 atom stereocenters. The molecule has 0 unspecified atom stereocenters. The average Bonchev–Trinajstić information content (AvgIpc) is 0.799. The van der Waals surface area contributed by atoms with Crippen LogP contribution in [0.3, 0.4) is 0 Å². The lowest BCUT2D eigenvalue weighted by molar-refractivity contribution is 1.48. The molecule has 416 valence electrons. The Morgan fingerprint density at radius 2 is 0.370 bits per heavy atom. The van der Waals surface area contributed by atoms with Crippen LogP contribution in [0.25, 0.3) is 151 Å². The second-order valence-corrected chi connectivity index (χ2v) is 22.0. The van der Waals surface area contributed by atoms with Gasteiger partial charge in [0, 0.05) is 86.2 Å². The molecule has 0 saturated heterocycles. The van der Waals surface area contributed by atoms with E-state index in [1.54, 1.807) is 0 Å². The number of rotatable bonds is 0. The van der Waals surface area contributed by atoms with E-state index in [0.29, 0.717) is 22.1 Å². The summed E-state index contributed by atoms with van der Waals surface area (Å²) >= 11 is 0. The highest BCUT2D eigenvalue weighted by molar-refractivity contribution is 6.27. The molecule has 0 aliphatic heterocycles. The van der Waals surface area contributed by atoms with Crippen LogP contribution in [0.4, 0.5) is 0 Å². The maximum Gasteiger partial charge on any atom is 0.115 e. The van der Waals surface area contributed by atoms with Gasteiger partial charge in [-0.25, -0.2) is 9.97 Å². The summed E-state index contributed by atoms with van der Waals surface area (Å²) in [6.45, 7) is 0. The highest BCUT2D eigenvalue weighted by Gasteiger charge is 2.09. The fraction of sp³-hybridized carbons (Fsp3) is 0. The van der Waals surface area contributed by atoms with E-state index in [1.807, 2.05) is 133 Å². The van der Waals surface area contributed by atoms with Crippen molar-refractivity contribution in [3.8, 4) is 0 Å². The summed E-state index contributed by atoms with van der Waals surface area (Å²) in [6, 6.07) is 150. The number of benzene rings is 12. The van der Waals surface area contributed by atoms with Crippen LogP contribution in [0.5, 0.6) is 0 Å². The van der Waals surface area contributed by atoms with Crippen molar-refractivity contribution in [2.24, 2.45) is 0 Å². The Kier molecular flexibility index (Phi) is 15.0. The zero-order valence-electron chi connectivity index (χ0n) is 49.5. The standard InChI is InChI=1S/C90H46N2/c1-5-31-83-71(23-1)47-51-75-43-35-63-15-9-19-67(59-63)39-55-79-27-13-29-81(91-79)57-41-69-21-11-17-65(61-69)37-45-77-53-49-73-25-3-7-33-85(73)89(77)90-78(54-50-74-26-4-8-34-86(74)90)46-38-66-18-12-22-70(62-66)42-58-82-30-14-28-80(92-82)56-40-68-20-10-16-64(60-68)36-44-76-52-48-72-24-2-6-32-84(72)88(76)87(75)83/h1-34,47-54,59-62H. The van der Waals surface area contributed by atoms with Gasteiger partial charge < -0.3 is 0 Å². The first-order valence-corrected chi connectivity index (χ1v) is 30.1. The van der Waals surface area contributed by atoms with Crippen molar-refractivity contribution in [1.82, 2.24) is 9.97 Å². The molecule has 0 radical (unpaired) electrons. The summed E-state index contributed by atoms with van der Waals surface area (Å²) in [6.07, 6.45) is 0. The molecule has 3 aromatic heterocycles. The van der Waals surface area contributed by atoms with Crippen LogP contribution < -0.4 is 0 Å². The molecule has 0 N–H and O–H groups in total. The number of hydrogen-bond donors (Lipinski definition) is 0. The average molecular weight is 1160 g/mol. The molecule has 2 nitrogen and oxygen atoms in total. The molecule has 12 bridgehead atoms. The molecule has 0 amide bonds. The van der Waals surface area contributed by atoms with Crippen molar-refractivity contribution in [3.63, 3.8) is 0 Å². The SMILES string of the molecule is c1c2cccc(c#cc3ccc4ccccc4c3c3c(c#cc4cccc(c#cc5cccc(c#cc6cccc(c#cc7ccc8ccccc8c7c7c(c#cc8cccc(c#cc9cccc(c#1)n9)c8)ccc1ccccc17)c6)n5)c4)ccc1ccccc13)c2. The second-order valence-electron chi connectivity index (χ2n) is 22.0. The normalized spacial score (nSPS) is 10.3. The van der Waals surface area contributed by atoms with Crippen molar-refractivity contribution in [1.29, 1.82) is 0 Å². The first-order valence-electron chi connectivity index (χ1n) is 30.1. The van der Waals surface area contributed by atoms with Gasteiger partial charge in [0.15, 0.2) is 0 Å². The lowest BCUT2D eigenvalue weighted by Crippen LogP contribution is -1.80. The van der Waals surface area contributed by atoms with E-state index in [2.05, 4.69) is 243 Å². The third-order valence-electron chi connectivity index (χ3n) is 15.9. The topological polar surface area (TPSA) is 25.8 Å². The Morgan fingerprint density at radius 3 is 0.609 bits per heavy atom. The van der Waals surface area contributed by atoms with Gasteiger partial charge in [-0.1, -0.05) is 231 Å². The number of nitrogens with zero attached hydrogens (tertiary/aromatic N) is 2. The molecule has 15 aromatic rings. The van der Waals surface area contributed by atoms with Crippen LogP contribution in [0.15, 0.2) is 279 Å². The van der Waals surface area contributed by atoms with E-state index in [0.717, 1.165) is 129 Å². The van der Waals surface area contributed by atoms with Crippen LogP contribution in [-0.4, -0.2) is 9.97 Å². The Hall–Kier alpha value is -13.5. The Balaban J connectivity index is 0.937. The highest BCUT2D eigenvalue weighted by Crippen LogP contribution is 2.36. The zero-order valence-corrected chi connectivity index (χ0v) is 49.5. The second kappa shape index (κ2) is 25.0. The van der Waals surface area contributed by atoms with Crippen molar-refractivity contribution in [2.75, 3.05) is 0 Å². The molecule has 0 saturated carbocycles. The number of pyridine rings is 2. The third kappa shape index (κ3) is 12.0. The Morgan fingerprint density at radius 1 is 0.163 bits per heavy atom. The van der Waals surface area contributed by atoms with Crippen molar-refractivity contribution in [3.05, 3.63) is 376 Å². The van der Waals surface area contributed by atoms with Gasteiger partial charge in [0.2, 0.25) is 0 Å². The van der Waals surface area contributed by atoms with E-state index in [9.17, 15) is 0 Å². The molecule has 92 heavy (non-hydrogen) atoms. The van der Waals surface area contributed by atoms with Gasteiger partial charge in [-0.05, 0) is 189 Å². The molecule has 0 aliphatic rings. The van der Waals surface area contributed by atoms with Crippen molar-refractivity contribution in [2.45, 2.75) is 0 Å². The van der Waals surface area contributed by atoms with Gasteiger partial charge in [-0.3, -0.25) is 0 Å². The molecule has 15 rings (SSSR count). The molecule has 2 heteroatoms. The summed E-state index contributed by atoms with van der Waals surface area (Å²) in [5.74, 6) is 0. The zero-order chi connectivity index (χ0) is 61.4. The van der Waals surface area contributed by atoms with Gasteiger partial charge in [0.05, 0.1) is 0 Å². The number of fused-ring (bicyclic) bond motifs is 26. The molecule has 3 heterocycles. The minimum Gasteiger partial charge on any atom is -0.231 e. The van der Waals surface area contributed by atoms with E-state index in [4.69, 9.17) is 9.97 Å². The van der Waals surface area contributed by atoms with Gasteiger partial charge in [0.25, 0.3) is 0 Å². The molecular formula is C90H46N2. The molecular weight excluding hydrogens is 1110 g/mol. The first kappa shape index (κ1) is 55.1.